The summed E-state index contributed by atoms with van der Waals surface area (Å²) in [6.07, 6.45) is 3.15. The molecule has 0 saturated carbocycles. The summed E-state index contributed by atoms with van der Waals surface area (Å²) in [6.45, 7) is 2.56. The maximum atomic E-state index is 13.2. The summed E-state index contributed by atoms with van der Waals surface area (Å²) in [6, 6.07) is 11.4. The number of anilines is 1. The second kappa shape index (κ2) is 9.15. The Labute approximate surface area is 175 Å². The molecule has 2 heterocycles. The Hall–Kier alpha value is -3.09. The van der Waals surface area contributed by atoms with Crippen molar-refractivity contribution in [2.45, 2.75) is 25.7 Å². The summed E-state index contributed by atoms with van der Waals surface area (Å²) in [5, 5.41) is 5.46. The molecule has 30 heavy (non-hydrogen) atoms. The summed E-state index contributed by atoms with van der Waals surface area (Å²) in [5.41, 5.74) is 2.59. The van der Waals surface area contributed by atoms with E-state index >= 15 is 0 Å². The number of amides is 3. The lowest BCUT2D eigenvalue weighted by atomic mass is 9.97. The Morgan fingerprint density at radius 3 is 2.97 bits per heavy atom. The highest BCUT2D eigenvalue weighted by Crippen LogP contribution is 2.26. The first-order chi connectivity index (χ1) is 14.6. The molecular formula is C23H26FN3O3. The minimum absolute atomic E-state index is 0.114. The molecule has 1 unspecified atom stereocenters. The molecule has 0 spiro atoms. The molecule has 2 aromatic carbocycles. The molecule has 1 fully saturated rings. The van der Waals surface area contributed by atoms with Gasteiger partial charge in [-0.2, -0.15) is 0 Å². The fourth-order valence-electron chi connectivity index (χ4n) is 4.07. The monoisotopic (exact) mass is 411 g/mol. The summed E-state index contributed by atoms with van der Waals surface area (Å²) < 4.78 is 18.7. The number of benzene rings is 2. The van der Waals surface area contributed by atoms with E-state index in [4.69, 9.17) is 4.74 Å². The van der Waals surface area contributed by atoms with E-state index in [1.165, 1.54) is 17.7 Å². The Morgan fingerprint density at radius 1 is 1.20 bits per heavy atom. The van der Waals surface area contributed by atoms with E-state index in [1.807, 2.05) is 17.0 Å². The number of urea groups is 1. The Bertz CT molecular complexity index is 934. The lowest BCUT2D eigenvalue weighted by molar-refractivity contribution is -0.132. The average Bonchev–Trinajstić information content (AvgIpc) is 3.20. The van der Waals surface area contributed by atoms with E-state index in [-0.39, 0.29) is 17.9 Å². The van der Waals surface area contributed by atoms with Crippen molar-refractivity contribution < 1.29 is 18.7 Å². The van der Waals surface area contributed by atoms with Crippen molar-refractivity contribution in [2.75, 3.05) is 31.6 Å². The number of ether oxygens (including phenoxy) is 1. The van der Waals surface area contributed by atoms with Crippen LogP contribution in [0.2, 0.25) is 0 Å². The third kappa shape index (κ3) is 5.09. The maximum Gasteiger partial charge on any atom is 0.319 e. The van der Waals surface area contributed by atoms with Crippen LogP contribution < -0.4 is 15.4 Å². The van der Waals surface area contributed by atoms with Gasteiger partial charge in [0.2, 0.25) is 5.91 Å². The molecule has 158 valence electrons. The molecule has 0 aromatic heterocycles. The van der Waals surface area contributed by atoms with Crippen LogP contribution in [0.25, 0.3) is 0 Å². The highest BCUT2D eigenvalue weighted by atomic mass is 19.1. The zero-order chi connectivity index (χ0) is 20.9. The van der Waals surface area contributed by atoms with Crippen LogP contribution in [-0.2, 0) is 17.6 Å². The molecule has 1 atom stereocenters. The minimum atomic E-state index is -0.398. The second-order valence-corrected chi connectivity index (χ2v) is 7.91. The van der Waals surface area contributed by atoms with Gasteiger partial charge in [-0.25, -0.2) is 9.18 Å². The highest BCUT2D eigenvalue weighted by Gasteiger charge is 2.24. The zero-order valence-corrected chi connectivity index (χ0v) is 16.8. The highest BCUT2D eigenvalue weighted by molar-refractivity contribution is 5.89. The first-order valence-corrected chi connectivity index (χ1v) is 10.4. The molecule has 6 nitrogen and oxygen atoms in total. The Kier molecular flexibility index (Phi) is 6.16. The predicted octanol–water partition coefficient (Wildman–Crippen LogP) is 3.36. The number of fused-ring (bicyclic) bond motifs is 1. The molecule has 7 heteroatoms. The summed E-state index contributed by atoms with van der Waals surface area (Å²) in [7, 11) is 0. The van der Waals surface area contributed by atoms with Crippen molar-refractivity contribution >= 4 is 17.6 Å². The van der Waals surface area contributed by atoms with E-state index in [0.29, 0.717) is 31.8 Å². The summed E-state index contributed by atoms with van der Waals surface area (Å²) in [4.78, 5) is 26.8. The zero-order valence-electron chi connectivity index (χ0n) is 16.8. The number of nitrogens with one attached hydrogen (secondary N) is 2. The van der Waals surface area contributed by atoms with Gasteiger partial charge in [0, 0.05) is 31.7 Å². The number of piperidine rings is 1. The van der Waals surface area contributed by atoms with E-state index in [1.54, 1.807) is 12.1 Å². The van der Waals surface area contributed by atoms with E-state index in [9.17, 15) is 14.0 Å². The topological polar surface area (TPSA) is 70.7 Å². The summed E-state index contributed by atoms with van der Waals surface area (Å²) >= 11 is 0. The predicted molar refractivity (Wildman–Crippen MR) is 112 cm³/mol. The van der Waals surface area contributed by atoms with Gasteiger partial charge in [0.25, 0.3) is 0 Å². The number of halogens is 1. The van der Waals surface area contributed by atoms with Crippen LogP contribution in [0.3, 0.4) is 0 Å². The number of nitrogens with zero attached hydrogens (tertiary/aromatic N) is 1. The first kappa shape index (κ1) is 20.2. The number of hydrogen-bond acceptors (Lipinski definition) is 3. The van der Waals surface area contributed by atoms with Crippen LogP contribution in [0.1, 0.15) is 24.0 Å². The van der Waals surface area contributed by atoms with E-state index in [2.05, 4.69) is 16.7 Å². The molecule has 2 aromatic rings. The van der Waals surface area contributed by atoms with Gasteiger partial charge in [-0.1, -0.05) is 18.2 Å². The molecule has 0 bridgehead atoms. The Morgan fingerprint density at radius 2 is 2.10 bits per heavy atom. The molecule has 2 aliphatic rings. The number of carbonyl (C=O) groups excluding carboxylic acids is 2. The molecule has 4 rings (SSSR count). The van der Waals surface area contributed by atoms with E-state index < -0.39 is 5.82 Å². The lowest BCUT2D eigenvalue weighted by Gasteiger charge is -2.33. The molecule has 0 aliphatic carbocycles. The average molecular weight is 411 g/mol. The van der Waals surface area contributed by atoms with E-state index in [0.717, 1.165) is 37.1 Å². The first-order valence-electron chi connectivity index (χ1n) is 10.4. The van der Waals surface area contributed by atoms with Crippen LogP contribution in [-0.4, -0.2) is 43.1 Å². The number of likely N-dealkylation sites (tertiary alicyclic amines) is 1. The van der Waals surface area contributed by atoms with Crippen molar-refractivity contribution in [3.63, 3.8) is 0 Å². The molecule has 3 amide bonds. The van der Waals surface area contributed by atoms with Gasteiger partial charge >= 0.3 is 6.03 Å². The summed E-state index contributed by atoms with van der Waals surface area (Å²) in [5.74, 6) is 0.842. The molecular weight excluding hydrogens is 385 g/mol. The molecule has 1 saturated heterocycles. The van der Waals surface area contributed by atoms with Crippen molar-refractivity contribution in [3.05, 3.63) is 59.4 Å². The minimum Gasteiger partial charge on any atom is -0.493 e. The smallest absolute Gasteiger partial charge is 0.319 e. The normalized spacial score (nSPS) is 17.8. The van der Waals surface area contributed by atoms with Gasteiger partial charge in [-0.05, 0) is 54.2 Å². The quantitative estimate of drug-likeness (QED) is 0.793. The number of hydrogen-bond donors (Lipinski definition) is 2. The third-order valence-electron chi connectivity index (χ3n) is 5.61. The standard InChI is InChI=1S/C23H26FN3O3/c24-19-4-1-5-20(13-19)26-23(29)25-14-17-3-2-9-27(15-17)22(28)12-16-6-7-21-18(11-16)8-10-30-21/h1,4-7,11,13,17H,2-3,8-10,12,14-15H2,(H2,25,26,29). The van der Waals surface area contributed by atoms with Crippen molar-refractivity contribution in [1.82, 2.24) is 10.2 Å². The SMILES string of the molecule is O=C(NCC1CCCN(C(=O)Cc2ccc3c(c2)CCO3)C1)Nc1cccc(F)c1. The van der Waals surface area contributed by atoms with Crippen LogP contribution in [0.5, 0.6) is 5.75 Å². The van der Waals surface area contributed by atoms with Crippen molar-refractivity contribution in [3.8, 4) is 5.75 Å². The number of carbonyl (C=O) groups is 2. The second-order valence-electron chi connectivity index (χ2n) is 7.91. The molecule has 2 N–H and O–H groups in total. The Balaban J connectivity index is 1.25. The van der Waals surface area contributed by atoms with Gasteiger partial charge in [-0.15, -0.1) is 0 Å². The largest absolute Gasteiger partial charge is 0.493 e. The van der Waals surface area contributed by atoms with Gasteiger partial charge in [0.05, 0.1) is 13.0 Å². The maximum absolute atomic E-state index is 13.2. The van der Waals surface area contributed by atoms with Gasteiger partial charge in [-0.3, -0.25) is 4.79 Å². The van der Waals surface area contributed by atoms with Gasteiger partial charge < -0.3 is 20.3 Å². The number of rotatable bonds is 5. The van der Waals surface area contributed by atoms with Crippen molar-refractivity contribution in [1.29, 1.82) is 0 Å². The van der Waals surface area contributed by atoms with Crippen LogP contribution in [0.15, 0.2) is 42.5 Å². The molecule has 0 radical (unpaired) electrons. The molecule has 2 aliphatic heterocycles. The fraction of sp³-hybridized carbons (Fsp3) is 0.391. The van der Waals surface area contributed by atoms with Crippen LogP contribution in [0, 0.1) is 11.7 Å². The van der Waals surface area contributed by atoms with Crippen LogP contribution >= 0.6 is 0 Å². The lowest BCUT2D eigenvalue weighted by Crippen LogP contribution is -2.44. The fourth-order valence-corrected chi connectivity index (χ4v) is 4.07. The van der Waals surface area contributed by atoms with Gasteiger partial charge in [0.1, 0.15) is 11.6 Å². The third-order valence-corrected chi connectivity index (χ3v) is 5.61. The van der Waals surface area contributed by atoms with Gasteiger partial charge in [0.15, 0.2) is 0 Å². The van der Waals surface area contributed by atoms with Crippen LogP contribution in [0.4, 0.5) is 14.9 Å². The van der Waals surface area contributed by atoms with Crippen molar-refractivity contribution in [2.24, 2.45) is 5.92 Å².